The molecule has 0 bridgehead atoms. The fraction of sp³-hybridized carbons (Fsp3) is 0.240. The number of aryl methyl sites for hydroxylation is 1. The number of carbonyl (C=O) groups is 3. The summed E-state index contributed by atoms with van der Waals surface area (Å²) in [4.78, 5) is 40.1. The number of hydrogen-bond acceptors (Lipinski definition) is 7. The summed E-state index contributed by atoms with van der Waals surface area (Å²) in [6.45, 7) is 2.55. The molecule has 3 aromatic rings. The number of anilines is 2. The van der Waals surface area contributed by atoms with E-state index in [1.807, 2.05) is 6.92 Å². The molecule has 3 amide bonds. The lowest BCUT2D eigenvalue weighted by Crippen LogP contribution is -2.35. The summed E-state index contributed by atoms with van der Waals surface area (Å²) in [6, 6.07) is 12.4. The molecule has 1 aliphatic heterocycles. The summed E-state index contributed by atoms with van der Waals surface area (Å²) in [5.41, 5.74) is 2.70. The highest BCUT2D eigenvalue weighted by Gasteiger charge is 2.30. The molecule has 0 aliphatic carbocycles. The molecule has 1 aromatic heterocycles. The Morgan fingerprint density at radius 2 is 1.68 bits per heavy atom. The lowest BCUT2D eigenvalue weighted by atomic mass is 10.0. The molecule has 0 radical (unpaired) electrons. The largest absolute Gasteiger partial charge is 0.453 e. The predicted octanol–water partition coefficient (Wildman–Crippen LogP) is 3.59. The molecule has 2 aromatic carbocycles. The maximum atomic E-state index is 13.0. The van der Waals surface area contributed by atoms with Crippen LogP contribution in [-0.4, -0.2) is 51.9 Å². The van der Waals surface area contributed by atoms with E-state index in [1.54, 1.807) is 12.1 Å². The Hall–Kier alpha value is -3.90. The third kappa shape index (κ3) is 5.59. The summed E-state index contributed by atoms with van der Waals surface area (Å²) in [6.07, 6.45) is -0.000675. The highest BCUT2D eigenvalue weighted by molar-refractivity contribution is 7.92. The number of hydrogen-bond donors (Lipinski definition) is 3. The predicted molar refractivity (Wildman–Crippen MR) is 141 cm³/mol. The van der Waals surface area contributed by atoms with Crippen molar-refractivity contribution < 1.29 is 27.5 Å². The van der Waals surface area contributed by atoms with Crippen molar-refractivity contribution in [3.8, 4) is 0 Å². The molecule has 10 nitrogen and oxygen atoms in total. The zero-order chi connectivity index (χ0) is 26.7. The van der Waals surface area contributed by atoms with Gasteiger partial charge in [0.05, 0.1) is 24.1 Å². The first-order valence-corrected chi connectivity index (χ1v) is 13.6. The number of rotatable bonds is 6. The number of ether oxygens (including phenoxy) is 1. The minimum Gasteiger partial charge on any atom is -0.453 e. The Morgan fingerprint density at radius 1 is 1.00 bits per heavy atom. The summed E-state index contributed by atoms with van der Waals surface area (Å²) in [5, 5.41) is 5.79. The first-order chi connectivity index (χ1) is 17.6. The van der Waals surface area contributed by atoms with Gasteiger partial charge in [0, 0.05) is 29.7 Å². The van der Waals surface area contributed by atoms with Gasteiger partial charge in [-0.3, -0.25) is 14.3 Å². The van der Waals surface area contributed by atoms with Crippen LogP contribution in [0.3, 0.4) is 0 Å². The summed E-state index contributed by atoms with van der Waals surface area (Å²) >= 11 is 1.24. The molecule has 1 aliphatic rings. The lowest BCUT2D eigenvalue weighted by molar-refractivity contribution is 0.0962. The molecule has 4 rings (SSSR count). The van der Waals surface area contributed by atoms with Crippen molar-refractivity contribution >= 4 is 50.0 Å². The van der Waals surface area contributed by atoms with Gasteiger partial charge in [-0.2, -0.15) is 0 Å². The average molecular weight is 543 g/mol. The van der Waals surface area contributed by atoms with Gasteiger partial charge >= 0.3 is 6.09 Å². The standard InChI is InChI=1S/C25H26N4O6S2/c1-15-4-10-18(11-5-15)37(33,34)28-17-8-6-16(7-9-17)22(30)27-24-21(23(31)26-2)19-12-13-29(25(32)35-3)14-20(19)36-24/h4-11,28H,12-14H2,1-3H3,(H,26,31)(H,27,30). The van der Waals surface area contributed by atoms with Crippen molar-refractivity contribution in [2.75, 3.05) is 30.7 Å². The van der Waals surface area contributed by atoms with Crippen LogP contribution in [-0.2, 0) is 27.7 Å². The molecule has 0 saturated heterocycles. The van der Waals surface area contributed by atoms with Crippen LogP contribution < -0.4 is 15.4 Å². The molecule has 0 spiro atoms. The molecular formula is C25H26N4O6S2. The normalized spacial score (nSPS) is 12.9. The smallest absolute Gasteiger partial charge is 0.409 e. The maximum Gasteiger partial charge on any atom is 0.409 e. The summed E-state index contributed by atoms with van der Waals surface area (Å²) < 4.78 is 32.6. The Bertz CT molecular complexity index is 1450. The molecule has 0 fully saturated rings. The summed E-state index contributed by atoms with van der Waals surface area (Å²) in [7, 11) is -0.951. The van der Waals surface area contributed by atoms with E-state index in [4.69, 9.17) is 4.74 Å². The van der Waals surface area contributed by atoms with Crippen molar-refractivity contribution in [2.24, 2.45) is 0 Å². The van der Waals surface area contributed by atoms with E-state index in [9.17, 15) is 22.8 Å². The highest BCUT2D eigenvalue weighted by Crippen LogP contribution is 2.37. The second kappa shape index (κ2) is 10.6. The number of thiophene rings is 1. The van der Waals surface area contributed by atoms with Gasteiger partial charge < -0.3 is 20.3 Å². The van der Waals surface area contributed by atoms with Crippen molar-refractivity contribution in [3.05, 3.63) is 75.7 Å². The quantitative estimate of drug-likeness (QED) is 0.436. The molecule has 0 unspecified atom stereocenters. The van der Waals surface area contributed by atoms with Crippen LogP contribution in [0.4, 0.5) is 15.5 Å². The van der Waals surface area contributed by atoms with E-state index in [0.29, 0.717) is 29.2 Å². The van der Waals surface area contributed by atoms with Gasteiger partial charge in [0.1, 0.15) is 5.00 Å². The van der Waals surface area contributed by atoms with Gasteiger partial charge in [-0.1, -0.05) is 17.7 Å². The monoisotopic (exact) mass is 542 g/mol. The van der Waals surface area contributed by atoms with Crippen molar-refractivity contribution in [2.45, 2.75) is 24.8 Å². The molecular weight excluding hydrogens is 516 g/mol. The number of fused-ring (bicyclic) bond motifs is 1. The van der Waals surface area contributed by atoms with Gasteiger partial charge in [0.15, 0.2) is 0 Å². The number of methoxy groups -OCH3 is 1. The number of benzene rings is 2. The van der Waals surface area contributed by atoms with Crippen LogP contribution in [0.2, 0.25) is 0 Å². The van der Waals surface area contributed by atoms with E-state index in [-0.39, 0.29) is 22.9 Å². The highest BCUT2D eigenvalue weighted by atomic mass is 32.2. The maximum absolute atomic E-state index is 13.0. The van der Waals surface area contributed by atoms with Gasteiger partial charge in [-0.05, 0) is 55.3 Å². The molecule has 0 saturated carbocycles. The third-order valence-corrected chi connectivity index (χ3v) is 8.43. The van der Waals surface area contributed by atoms with Crippen LogP contribution in [0.25, 0.3) is 0 Å². The lowest BCUT2D eigenvalue weighted by Gasteiger charge is -2.25. The zero-order valence-corrected chi connectivity index (χ0v) is 22.1. The number of nitrogens with zero attached hydrogens (tertiary/aromatic N) is 1. The Morgan fingerprint density at radius 3 is 2.30 bits per heavy atom. The third-order valence-electron chi connectivity index (χ3n) is 5.90. The fourth-order valence-electron chi connectivity index (χ4n) is 3.94. The van der Waals surface area contributed by atoms with Crippen LogP contribution in [0.1, 0.15) is 36.7 Å². The minimum absolute atomic E-state index is 0.133. The Balaban J connectivity index is 1.52. The topological polar surface area (TPSA) is 134 Å². The number of amides is 3. The van der Waals surface area contributed by atoms with E-state index in [1.165, 1.54) is 66.8 Å². The minimum atomic E-state index is -3.77. The Labute approximate surface area is 218 Å². The van der Waals surface area contributed by atoms with E-state index >= 15 is 0 Å². The van der Waals surface area contributed by atoms with Gasteiger partial charge in [0.2, 0.25) is 0 Å². The number of nitrogens with one attached hydrogen (secondary N) is 3. The number of sulfonamides is 1. The van der Waals surface area contributed by atoms with E-state index in [2.05, 4.69) is 15.4 Å². The van der Waals surface area contributed by atoms with E-state index < -0.39 is 22.0 Å². The van der Waals surface area contributed by atoms with Crippen LogP contribution in [0.5, 0.6) is 0 Å². The second-order valence-corrected chi connectivity index (χ2v) is 11.2. The van der Waals surface area contributed by atoms with Crippen molar-refractivity contribution in [1.82, 2.24) is 10.2 Å². The Kier molecular flexibility index (Phi) is 7.50. The fourth-order valence-corrected chi connectivity index (χ4v) is 6.25. The molecule has 2 heterocycles. The molecule has 37 heavy (non-hydrogen) atoms. The molecule has 194 valence electrons. The first-order valence-electron chi connectivity index (χ1n) is 11.3. The van der Waals surface area contributed by atoms with Crippen molar-refractivity contribution in [3.63, 3.8) is 0 Å². The molecule has 3 N–H and O–H groups in total. The first kappa shape index (κ1) is 26.2. The van der Waals surface area contributed by atoms with Crippen molar-refractivity contribution in [1.29, 1.82) is 0 Å². The van der Waals surface area contributed by atoms with Gasteiger partial charge in [-0.25, -0.2) is 13.2 Å². The van der Waals surface area contributed by atoms with Crippen LogP contribution in [0, 0.1) is 6.92 Å². The number of carbonyl (C=O) groups excluding carboxylic acids is 3. The summed E-state index contributed by atoms with van der Waals surface area (Å²) in [5.74, 6) is -0.790. The molecule has 0 atom stereocenters. The van der Waals surface area contributed by atoms with Crippen LogP contribution >= 0.6 is 11.3 Å². The van der Waals surface area contributed by atoms with Crippen LogP contribution in [0.15, 0.2) is 53.4 Å². The molecule has 12 heteroatoms. The van der Waals surface area contributed by atoms with E-state index in [0.717, 1.165) is 16.0 Å². The van der Waals surface area contributed by atoms with Gasteiger partial charge in [-0.15, -0.1) is 11.3 Å². The van der Waals surface area contributed by atoms with Gasteiger partial charge in [0.25, 0.3) is 21.8 Å². The SMILES string of the molecule is CNC(=O)c1c(NC(=O)c2ccc(NS(=O)(=O)c3ccc(C)cc3)cc2)sc2c1CCN(C(=O)OC)C2. The zero-order valence-electron chi connectivity index (χ0n) is 20.5. The second-order valence-electron chi connectivity index (χ2n) is 8.38. The average Bonchev–Trinajstić information content (AvgIpc) is 3.25.